The standard InChI is InChI=1S/C60H57NO9.C45H33NO3/c1-40-13-34-52(65-55(62)68-58(4,5)6)46(37-40)25-16-43-19-28-49(29-20-43)61(50-30-21-44(22-31-50)17-26-47-38-41(2)14-35-53(47)66-56(63)69-59(7,8)9)51-32-23-45(24-33-51)18-27-48-39-42(3)15-36-54(48)67-57(64)70-60(10,11)12;1-28-4-19-40-34(22-28)25-43(47-40)31-7-13-37(14-8-31)46(38-15-9-32(10-16-38)44-26-35-23-29(2)5-20-41(35)48-44)39-17-11-33(12-18-39)45-27-36-24-30(3)6-21-42(36)49-45/h13-15,19-24,28-39H,1-12H3;4-27H,1-3H3. The first-order valence-corrected chi connectivity index (χ1v) is 39.2. The number of hydrogen-bond acceptors (Lipinski definition) is 14. The third-order valence-electron chi connectivity index (χ3n) is 18.8. The zero-order chi connectivity index (χ0) is 83.9. The van der Waals surface area contributed by atoms with Crippen LogP contribution in [0.5, 0.6) is 17.2 Å². The predicted octanol–water partition coefficient (Wildman–Crippen LogP) is 27.5. The maximum atomic E-state index is 12.5. The fourth-order valence-corrected chi connectivity index (χ4v) is 13.2. The van der Waals surface area contributed by atoms with E-state index >= 15 is 0 Å². The third-order valence-corrected chi connectivity index (χ3v) is 18.8. The fraction of sp³-hybridized carbons (Fsp3) is 0.171. The summed E-state index contributed by atoms with van der Waals surface area (Å²) < 4.78 is 51.4. The zero-order valence-corrected chi connectivity index (χ0v) is 69.3. The van der Waals surface area contributed by atoms with Crippen LogP contribution >= 0.6 is 0 Å². The summed E-state index contributed by atoms with van der Waals surface area (Å²) in [6, 6.07) is 90.5. The second kappa shape index (κ2) is 34.4. The Morgan fingerprint density at radius 1 is 0.261 bits per heavy atom. The number of benzene rings is 12. The van der Waals surface area contributed by atoms with Crippen molar-refractivity contribution in [3.63, 3.8) is 0 Å². The van der Waals surface area contributed by atoms with Gasteiger partial charge >= 0.3 is 18.5 Å². The molecular formula is C105H90N2O12. The number of fused-ring (bicyclic) bond motifs is 3. The van der Waals surface area contributed by atoms with E-state index < -0.39 is 35.3 Å². The lowest BCUT2D eigenvalue weighted by atomic mass is 10.1. The maximum Gasteiger partial charge on any atom is 0.514 e. The first-order valence-electron chi connectivity index (χ1n) is 39.2. The topological polar surface area (TPSA) is 152 Å². The molecule has 0 radical (unpaired) electrons. The molecule has 0 aliphatic rings. The lowest BCUT2D eigenvalue weighted by molar-refractivity contribution is 0.0192. The highest BCUT2D eigenvalue weighted by Crippen LogP contribution is 2.42. The van der Waals surface area contributed by atoms with Gasteiger partial charge in [0.2, 0.25) is 0 Å². The first-order chi connectivity index (χ1) is 56.9. The molecule has 0 saturated heterocycles. The van der Waals surface area contributed by atoms with Gasteiger partial charge in [-0.25, -0.2) is 14.4 Å². The molecule has 0 N–H and O–H groups in total. The smallest absolute Gasteiger partial charge is 0.456 e. The van der Waals surface area contributed by atoms with Gasteiger partial charge in [0.15, 0.2) is 0 Å². The number of carbonyl (C=O) groups excluding carboxylic acids is 3. The van der Waals surface area contributed by atoms with Crippen molar-refractivity contribution in [3.8, 4) is 86.7 Å². The van der Waals surface area contributed by atoms with Gasteiger partial charge in [0.1, 0.15) is 68.1 Å². The molecule has 3 aromatic heterocycles. The monoisotopic (exact) mass is 1570 g/mol. The van der Waals surface area contributed by atoms with Crippen LogP contribution in [0.25, 0.3) is 66.9 Å². The minimum atomic E-state index is -0.806. The van der Waals surface area contributed by atoms with Crippen molar-refractivity contribution in [2.45, 2.75) is 121 Å². The van der Waals surface area contributed by atoms with Gasteiger partial charge in [-0.3, -0.25) is 0 Å². The summed E-state index contributed by atoms with van der Waals surface area (Å²) in [5.41, 5.74) is 19.7. The van der Waals surface area contributed by atoms with Gasteiger partial charge in [-0.1, -0.05) is 88.6 Å². The average Bonchev–Trinajstić information content (AvgIpc) is 1.76. The Morgan fingerprint density at radius 2 is 0.479 bits per heavy atom. The highest BCUT2D eigenvalue weighted by atomic mass is 16.7. The van der Waals surface area contributed by atoms with Gasteiger partial charge in [-0.15, -0.1) is 0 Å². The van der Waals surface area contributed by atoms with Crippen molar-refractivity contribution >= 4 is 85.5 Å². The van der Waals surface area contributed by atoms with E-state index in [0.717, 1.165) is 134 Å². The summed E-state index contributed by atoms with van der Waals surface area (Å²) in [4.78, 5) is 41.9. The molecule has 0 unspecified atom stereocenters. The number of hydrogen-bond donors (Lipinski definition) is 0. The Labute approximate surface area is 694 Å². The maximum absolute atomic E-state index is 12.5. The van der Waals surface area contributed by atoms with Crippen LogP contribution in [0.1, 0.15) is 129 Å². The molecule has 14 heteroatoms. The summed E-state index contributed by atoms with van der Waals surface area (Å²) in [5, 5.41) is 3.33. The van der Waals surface area contributed by atoms with Gasteiger partial charge in [0, 0.05) is 83.7 Å². The Kier molecular flexibility index (Phi) is 23.4. The van der Waals surface area contributed by atoms with Crippen molar-refractivity contribution in [1.29, 1.82) is 0 Å². The second-order valence-electron chi connectivity index (χ2n) is 32.4. The highest BCUT2D eigenvalue weighted by Gasteiger charge is 2.24. The first kappa shape index (κ1) is 80.9. The van der Waals surface area contributed by atoms with E-state index in [1.807, 2.05) is 148 Å². The molecule has 3 heterocycles. The fourth-order valence-electron chi connectivity index (χ4n) is 13.2. The molecule has 0 fully saturated rings. The van der Waals surface area contributed by atoms with Crippen LogP contribution < -0.4 is 24.0 Å². The van der Waals surface area contributed by atoms with Gasteiger partial charge in [0.25, 0.3) is 0 Å². The number of nitrogens with zero attached hydrogens (tertiary/aromatic N) is 2. The van der Waals surface area contributed by atoms with Crippen LogP contribution in [0.4, 0.5) is 48.5 Å². The van der Waals surface area contributed by atoms with Crippen LogP contribution in [0.2, 0.25) is 0 Å². The summed E-state index contributed by atoms with van der Waals surface area (Å²) >= 11 is 0. The van der Waals surface area contributed by atoms with Gasteiger partial charge < -0.3 is 51.5 Å². The van der Waals surface area contributed by atoms with Crippen molar-refractivity contribution in [3.05, 3.63) is 340 Å². The van der Waals surface area contributed by atoms with E-state index in [4.69, 9.17) is 41.7 Å². The van der Waals surface area contributed by atoms with Crippen LogP contribution in [0.3, 0.4) is 0 Å². The highest BCUT2D eigenvalue weighted by molar-refractivity contribution is 5.88. The van der Waals surface area contributed by atoms with E-state index in [1.54, 1.807) is 80.5 Å². The molecule has 0 aliphatic carbocycles. The molecule has 15 aromatic rings. The molecule has 12 aromatic carbocycles. The lowest BCUT2D eigenvalue weighted by Crippen LogP contribution is -2.26. The van der Waals surface area contributed by atoms with E-state index in [-0.39, 0.29) is 0 Å². The largest absolute Gasteiger partial charge is 0.514 e. The molecule has 0 atom stereocenters. The number of carbonyl (C=O) groups is 3. The predicted molar refractivity (Wildman–Crippen MR) is 474 cm³/mol. The third kappa shape index (κ3) is 20.9. The summed E-state index contributed by atoms with van der Waals surface area (Å²) in [5.74, 6) is 22.7. The minimum Gasteiger partial charge on any atom is -0.456 e. The summed E-state index contributed by atoms with van der Waals surface area (Å²) in [6.07, 6.45) is -2.42. The van der Waals surface area contributed by atoms with Crippen LogP contribution in [-0.4, -0.2) is 35.3 Å². The van der Waals surface area contributed by atoms with Gasteiger partial charge in [-0.2, -0.15) is 0 Å². The van der Waals surface area contributed by atoms with Crippen LogP contribution in [-0.2, 0) is 14.2 Å². The normalized spacial score (nSPS) is 11.2. The minimum absolute atomic E-state index is 0.304. The van der Waals surface area contributed by atoms with Crippen molar-refractivity contribution in [2.24, 2.45) is 0 Å². The lowest BCUT2D eigenvalue weighted by Gasteiger charge is -2.26. The van der Waals surface area contributed by atoms with E-state index in [0.29, 0.717) is 33.9 Å². The zero-order valence-electron chi connectivity index (χ0n) is 69.3. The van der Waals surface area contributed by atoms with Gasteiger partial charge in [0.05, 0.1) is 16.7 Å². The molecule has 14 nitrogen and oxygen atoms in total. The Morgan fingerprint density at radius 3 is 0.714 bits per heavy atom. The SMILES string of the molecule is Cc1ccc(OC(=O)OC(C)(C)C)c(C#Cc2ccc(N(c3ccc(C#Cc4cc(C)ccc4OC(=O)OC(C)(C)C)cc3)c3ccc(C#Cc4cc(C)ccc4OC(=O)OC(C)(C)C)cc3)cc2)c1.Cc1ccc2oc(-c3ccc(N(c4ccc(-c5cc6cc(C)ccc6o5)cc4)c4ccc(-c5cc6cc(C)ccc6o5)cc4)cc3)cc2c1. The quantitative estimate of drug-likeness (QED) is 0.0493. The Balaban J connectivity index is 0.000000206. The molecule has 0 spiro atoms. The number of rotatable bonds is 12. The Hall–Kier alpha value is -14.7. The van der Waals surface area contributed by atoms with Crippen LogP contribution in [0, 0.1) is 77.1 Å². The van der Waals surface area contributed by atoms with Crippen LogP contribution in [0.15, 0.2) is 286 Å². The molecule has 15 rings (SSSR count). The molecule has 119 heavy (non-hydrogen) atoms. The molecule has 592 valence electrons. The average molecular weight is 1570 g/mol. The number of anilines is 6. The number of aryl methyl sites for hydroxylation is 6. The Bertz CT molecular complexity index is 5860. The van der Waals surface area contributed by atoms with Crippen molar-refractivity contribution < 1.29 is 56.1 Å². The summed E-state index contributed by atoms with van der Waals surface area (Å²) in [7, 11) is 0. The van der Waals surface area contributed by atoms with E-state index in [1.165, 1.54) is 16.7 Å². The summed E-state index contributed by atoms with van der Waals surface area (Å²) in [6.45, 7) is 28.1. The van der Waals surface area contributed by atoms with Gasteiger partial charge in [-0.05, 0) is 357 Å². The molecule has 0 amide bonds. The number of ether oxygens (including phenoxy) is 6. The van der Waals surface area contributed by atoms with Crippen molar-refractivity contribution in [1.82, 2.24) is 0 Å². The molecule has 0 saturated carbocycles. The molecule has 0 aliphatic heterocycles. The van der Waals surface area contributed by atoms with Crippen molar-refractivity contribution in [2.75, 3.05) is 9.80 Å². The second-order valence-corrected chi connectivity index (χ2v) is 32.4. The molecular weight excluding hydrogens is 1480 g/mol. The van der Waals surface area contributed by atoms with E-state index in [9.17, 15) is 14.4 Å². The number of furan rings is 3. The molecule has 0 bridgehead atoms. The van der Waals surface area contributed by atoms with E-state index in [2.05, 4.69) is 193 Å².